The number of amides is 1. The van der Waals surface area contributed by atoms with Gasteiger partial charge in [-0.25, -0.2) is 5.10 Å². The van der Waals surface area contributed by atoms with Crippen LogP contribution in [0.5, 0.6) is 5.75 Å². The molecule has 0 aliphatic carbocycles. The number of ether oxygens (including phenoxy) is 1. The lowest BCUT2D eigenvalue weighted by molar-refractivity contribution is -0.121. The maximum atomic E-state index is 12.7. The topological polar surface area (TPSA) is 84.1 Å². The van der Waals surface area contributed by atoms with Gasteiger partial charge in [-0.15, -0.1) is 0 Å². The van der Waals surface area contributed by atoms with Gasteiger partial charge in [-0.3, -0.25) is 9.59 Å². The number of nitrogens with one attached hydrogen (secondary N) is 2. The van der Waals surface area contributed by atoms with Crippen LogP contribution in [-0.4, -0.2) is 22.7 Å². The van der Waals surface area contributed by atoms with Crippen LogP contribution in [0.15, 0.2) is 59.4 Å². The van der Waals surface area contributed by atoms with Gasteiger partial charge >= 0.3 is 0 Å². The largest absolute Gasteiger partial charge is 0.492 e. The Balaban J connectivity index is 1.49. The van der Waals surface area contributed by atoms with Crippen molar-refractivity contribution in [2.45, 2.75) is 6.42 Å². The summed E-state index contributed by atoms with van der Waals surface area (Å²) in [6, 6.07) is 15.8. The summed E-state index contributed by atoms with van der Waals surface area (Å²) in [5.41, 5.74) is 2.74. The van der Waals surface area contributed by atoms with Crippen LogP contribution in [0.1, 0.15) is 5.56 Å². The first-order valence-electron chi connectivity index (χ1n) is 8.47. The first-order valence-corrected chi connectivity index (χ1v) is 8.84. The number of hydrogen-bond donors (Lipinski definition) is 2. The normalized spacial score (nSPS) is 15.5. The molecule has 0 saturated heterocycles. The predicted molar refractivity (Wildman–Crippen MR) is 103 cm³/mol. The van der Waals surface area contributed by atoms with Gasteiger partial charge in [-0.05, 0) is 48.4 Å². The smallest absolute Gasteiger partial charge is 0.264 e. The Hall–Kier alpha value is -3.12. The summed E-state index contributed by atoms with van der Waals surface area (Å²) < 4.78 is 5.69. The van der Waals surface area contributed by atoms with E-state index in [4.69, 9.17) is 16.3 Å². The summed E-state index contributed by atoms with van der Waals surface area (Å²) in [7, 11) is 0. The van der Waals surface area contributed by atoms with E-state index in [1.54, 1.807) is 12.1 Å². The Morgan fingerprint density at radius 2 is 2.07 bits per heavy atom. The summed E-state index contributed by atoms with van der Waals surface area (Å²) in [6.45, 7) is 0.321. The number of aromatic nitrogens is 2. The number of anilines is 1. The summed E-state index contributed by atoms with van der Waals surface area (Å²) >= 11 is 6.03. The minimum Gasteiger partial charge on any atom is -0.492 e. The quantitative estimate of drug-likeness (QED) is 0.729. The average molecular weight is 382 g/mol. The Labute approximate surface area is 160 Å². The van der Waals surface area contributed by atoms with E-state index in [9.17, 15) is 9.59 Å². The third-order valence-electron chi connectivity index (χ3n) is 4.40. The second kappa shape index (κ2) is 7.25. The molecule has 2 heterocycles. The molecule has 0 bridgehead atoms. The number of aromatic amines is 1. The molecule has 27 heavy (non-hydrogen) atoms. The van der Waals surface area contributed by atoms with Gasteiger partial charge < -0.3 is 10.1 Å². The van der Waals surface area contributed by atoms with Crippen LogP contribution in [0.3, 0.4) is 0 Å². The minimum absolute atomic E-state index is 0.118. The monoisotopic (exact) mass is 381 g/mol. The lowest BCUT2D eigenvalue weighted by Gasteiger charge is -2.24. The van der Waals surface area contributed by atoms with Crippen molar-refractivity contribution in [3.63, 3.8) is 0 Å². The molecule has 1 amide bonds. The number of hydrogen-bond acceptors (Lipinski definition) is 4. The molecule has 4 rings (SSSR count). The van der Waals surface area contributed by atoms with Gasteiger partial charge in [-0.2, -0.15) is 5.10 Å². The number of benzene rings is 2. The molecule has 0 saturated carbocycles. The van der Waals surface area contributed by atoms with Gasteiger partial charge in [0.25, 0.3) is 5.56 Å². The Morgan fingerprint density at radius 1 is 1.19 bits per heavy atom. The van der Waals surface area contributed by atoms with E-state index >= 15 is 0 Å². The maximum absolute atomic E-state index is 12.7. The molecular weight excluding hydrogens is 366 g/mol. The molecule has 7 heteroatoms. The molecule has 1 unspecified atom stereocenters. The van der Waals surface area contributed by atoms with E-state index in [0.29, 0.717) is 29.4 Å². The molecule has 0 fully saturated rings. The first kappa shape index (κ1) is 17.3. The van der Waals surface area contributed by atoms with Gasteiger partial charge in [0.05, 0.1) is 11.6 Å². The van der Waals surface area contributed by atoms with Crippen LogP contribution >= 0.6 is 11.6 Å². The van der Waals surface area contributed by atoms with Gasteiger partial charge in [0.2, 0.25) is 5.91 Å². The van der Waals surface area contributed by atoms with Crippen LogP contribution in [0, 0.1) is 5.92 Å². The lowest BCUT2D eigenvalue weighted by atomic mass is 9.96. The summed E-state index contributed by atoms with van der Waals surface area (Å²) in [5.74, 6) is 0.354. The van der Waals surface area contributed by atoms with Crippen molar-refractivity contribution < 1.29 is 9.53 Å². The van der Waals surface area contributed by atoms with Crippen molar-refractivity contribution in [1.29, 1.82) is 0 Å². The molecule has 6 nitrogen and oxygen atoms in total. The number of H-pyrrole nitrogens is 1. The molecular formula is C20H16ClN3O3. The molecule has 0 radical (unpaired) electrons. The summed E-state index contributed by atoms with van der Waals surface area (Å²) in [4.78, 5) is 23.8. The molecule has 1 atom stereocenters. The highest BCUT2D eigenvalue weighted by Crippen LogP contribution is 2.30. The van der Waals surface area contributed by atoms with E-state index in [1.165, 1.54) is 6.07 Å². The van der Waals surface area contributed by atoms with Crippen molar-refractivity contribution in [1.82, 2.24) is 10.2 Å². The minimum atomic E-state index is -0.300. The number of halogens is 1. The third kappa shape index (κ3) is 3.85. The number of nitrogens with zero attached hydrogens (tertiary/aromatic N) is 1. The SMILES string of the molecule is O=C(Nc1cccc(-c2ccc(=O)[nH]n2)c1)C1COc2ccc(Cl)cc2C1. The van der Waals surface area contributed by atoms with Gasteiger partial charge in [0.15, 0.2) is 0 Å². The third-order valence-corrected chi connectivity index (χ3v) is 4.64. The zero-order valence-corrected chi connectivity index (χ0v) is 15.0. The van der Waals surface area contributed by atoms with Crippen LogP contribution in [-0.2, 0) is 11.2 Å². The van der Waals surface area contributed by atoms with E-state index in [2.05, 4.69) is 15.5 Å². The Morgan fingerprint density at radius 3 is 2.89 bits per heavy atom. The molecule has 1 aliphatic heterocycles. The molecule has 2 N–H and O–H groups in total. The van der Waals surface area contributed by atoms with Gasteiger partial charge in [0, 0.05) is 22.3 Å². The Bertz CT molecular complexity index is 1040. The molecule has 1 aliphatic rings. The lowest BCUT2D eigenvalue weighted by Crippen LogP contribution is -2.32. The fourth-order valence-corrected chi connectivity index (χ4v) is 3.23. The van der Waals surface area contributed by atoms with Crippen LogP contribution in [0.4, 0.5) is 5.69 Å². The summed E-state index contributed by atoms with van der Waals surface area (Å²) in [6.07, 6.45) is 0.572. The fourth-order valence-electron chi connectivity index (χ4n) is 3.04. The van der Waals surface area contributed by atoms with E-state index in [0.717, 1.165) is 16.9 Å². The van der Waals surface area contributed by atoms with E-state index in [1.807, 2.05) is 36.4 Å². The highest BCUT2D eigenvalue weighted by Gasteiger charge is 2.26. The second-order valence-electron chi connectivity index (χ2n) is 6.34. The first-order chi connectivity index (χ1) is 13.1. The predicted octanol–water partition coefficient (Wildman–Crippen LogP) is 3.28. The average Bonchev–Trinajstić information content (AvgIpc) is 2.68. The zero-order valence-electron chi connectivity index (χ0n) is 14.2. The van der Waals surface area contributed by atoms with Crippen LogP contribution < -0.4 is 15.6 Å². The zero-order chi connectivity index (χ0) is 18.8. The molecule has 2 aromatic carbocycles. The maximum Gasteiger partial charge on any atom is 0.264 e. The van der Waals surface area contributed by atoms with Crippen molar-refractivity contribution >= 4 is 23.2 Å². The second-order valence-corrected chi connectivity index (χ2v) is 6.78. The van der Waals surface area contributed by atoms with Crippen LogP contribution in [0.25, 0.3) is 11.3 Å². The number of carbonyl (C=O) groups is 1. The summed E-state index contributed by atoms with van der Waals surface area (Å²) in [5, 5.41) is 9.96. The van der Waals surface area contributed by atoms with Crippen LogP contribution in [0.2, 0.25) is 5.02 Å². The number of fused-ring (bicyclic) bond motifs is 1. The number of rotatable bonds is 3. The van der Waals surface area contributed by atoms with Crippen molar-refractivity contribution in [2.75, 3.05) is 11.9 Å². The highest BCUT2D eigenvalue weighted by atomic mass is 35.5. The molecule has 3 aromatic rings. The Kier molecular flexibility index (Phi) is 4.64. The fraction of sp³-hybridized carbons (Fsp3) is 0.150. The van der Waals surface area contributed by atoms with Crippen molar-refractivity contribution in [3.05, 3.63) is 75.5 Å². The van der Waals surface area contributed by atoms with E-state index < -0.39 is 0 Å². The van der Waals surface area contributed by atoms with E-state index in [-0.39, 0.29) is 17.4 Å². The number of carbonyl (C=O) groups excluding carboxylic acids is 1. The molecule has 1 aromatic heterocycles. The van der Waals surface area contributed by atoms with Gasteiger partial charge in [0.1, 0.15) is 12.4 Å². The van der Waals surface area contributed by atoms with Crippen molar-refractivity contribution in [3.8, 4) is 17.0 Å². The van der Waals surface area contributed by atoms with Crippen molar-refractivity contribution in [2.24, 2.45) is 5.92 Å². The molecule has 0 spiro atoms. The highest BCUT2D eigenvalue weighted by molar-refractivity contribution is 6.30. The molecule has 136 valence electrons. The standard InChI is InChI=1S/C20H16ClN3O3/c21-15-4-6-18-13(9-15)8-14(11-27-18)20(26)22-16-3-1-2-12(10-16)17-5-7-19(25)24-23-17/h1-7,9-10,14H,8,11H2,(H,22,26)(H,24,25). The van der Waals surface area contributed by atoms with Gasteiger partial charge in [-0.1, -0.05) is 23.7 Å².